The second-order valence-corrected chi connectivity index (χ2v) is 5.03. The highest BCUT2D eigenvalue weighted by Gasteiger charge is 2.45. The third-order valence-electron chi connectivity index (χ3n) is 3.72. The van der Waals surface area contributed by atoms with Crippen molar-refractivity contribution in [3.8, 4) is 0 Å². The summed E-state index contributed by atoms with van der Waals surface area (Å²) in [7, 11) is 0. The van der Waals surface area contributed by atoms with Gasteiger partial charge in [0.1, 0.15) is 5.54 Å². The third-order valence-corrected chi connectivity index (χ3v) is 3.72. The first-order chi connectivity index (χ1) is 9.63. The molecule has 3 heteroatoms. The van der Waals surface area contributed by atoms with Crippen LogP contribution in [0.5, 0.6) is 0 Å². The molecule has 1 aliphatic carbocycles. The van der Waals surface area contributed by atoms with E-state index < -0.39 is 5.54 Å². The number of fused-ring (bicyclic) bond motifs is 2. The van der Waals surface area contributed by atoms with Crippen molar-refractivity contribution in [2.24, 2.45) is 0 Å². The molecule has 100 valence electrons. The number of allylic oxidation sites excluding steroid dienone is 4. The minimum Gasteiger partial charge on any atom is -0.354 e. The molecular formula is C17H16N2O. The predicted octanol–water partition coefficient (Wildman–Crippen LogP) is 2.60. The fraction of sp³-hybridized carbons (Fsp3) is 0.118. The van der Waals surface area contributed by atoms with E-state index in [0.717, 1.165) is 16.7 Å². The summed E-state index contributed by atoms with van der Waals surface area (Å²) in [6.07, 6.45) is 8.38. The van der Waals surface area contributed by atoms with Gasteiger partial charge in [-0.15, -0.1) is 0 Å². The maximum atomic E-state index is 12.5. The number of carbonyl (C=O) groups is 1. The predicted molar refractivity (Wildman–Crippen MR) is 80.5 cm³/mol. The molecule has 1 fully saturated rings. The number of carbonyl (C=O) groups excluding carboxylic acids is 1. The molecular weight excluding hydrogens is 248 g/mol. The van der Waals surface area contributed by atoms with E-state index in [-0.39, 0.29) is 5.91 Å². The van der Waals surface area contributed by atoms with Crippen LogP contribution in [0.25, 0.3) is 5.57 Å². The summed E-state index contributed by atoms with van der Waals surface area (Å²) >= 11 is 0. The van der Waals surface area contributed by atoms with Gasteiger partial charge in [-0.25, -0.2) is 0 Å². The maximum Gasteiger partial charge on any atom is 0.256 e. The lowest BCUT2D eigenvalue weighted by molar-refractivity contribution is -0.124. The summed E-state index contributed by atoms with van der Waals surface area (Å²) < 4.78 is 0. The normalized spacial score (nSPS) is 27.9. The highest BCUT2D eigenvalue weighted by Crippen LogP contribution is 2.36. The first-order valence-electron chi connectivity index (χ1n) is 6.54. The molecule has 1 aromatic carbocycles. The van der Waals surface area contributed by atoms with E-state index in [4.69, 9.17) is 0 Å². The molecule has 3 nitrogen and oxygen atoms in total. The van der Waals surface area contributed by atoms with Gasteiger partial charge in [-0.3, -0.25) is 4.79 Å². The van der Waals surface area contributed by atoms with Crippen LogP contribution in [0.2, 0.25) is 0 Å². The monoisotopic (exact) mass is 264 g/mol. The van der Waals surface area contributed by atoms with Gasteiger partial charge in [0.2, 0.25) is 0 Å². The molecule has 2 aliphatic rings. The van der Waals surface area contributed by atoms with Crippen LogP contribution in [-0.2, 0) is 10.3 Å². The van der Waals surface area contributed by atoms with Gasteiger partial charge in [-0.2, -0.15) is 0 Å². The lowest BCUT2D eigenvalue weighted by atomic mass is 9.82. The molecule has 20 heavy (non-hydrogen) atoms. The van der Waals surface area contributed by atoms with Crippen LogP contribution in [0.1, 0.15) is 17.5 Å². The van der Waals surface area contributed by atoms with Crippen molar-refractivity contribution in [1.29, 1.82) is 0 Å². The molecule has 0 saturated carbocycles. The van der Waals surface area contributed by atoms with E-state index in [0.29, 0.717) is 12.2 Å². The number of hydrogen-bond acceptors (Lipinski definition) is 2. The van der Waals surface area contributed by atoms with Crippen LogP contribution in [-0.4, -0.2) is 5.91 Å². The van der Waals surface area contributed by atoms with E-state index in [1.165, 1.54) is 0 Å². The first kappa shape index (κ1) is 12.5. The van der Waals surface area contributed by atoms with Crippen LogP contribution in [0, 0.1) is 0 Å². The molecule has 1 saturated heterocycles. The van der Waals surface area contributed by atoms with Crippen LogP contribution in [0.15, 0.2) is 67.5 Å². The van der Waals surface area contributed by atoms with Gasteiger partial charge in [0.05, 0.1) is 5.82 Å². The fourth-order valence-corrected chi connectivity index (χ4v) is 2.75. The Morgan fingerprint density at radius 2 is 1.95 bits per heavy atom. The van der Waals surface area contributed by atoms with Gasteiger partial charge in [0.15, 0.2) is 0 Å². The molecule has 2 N–H and O–H groups in total. The maximum absolute atomic E-state index is 12.5. The Balaban J connectivity index is 2.25. The van der Waals surface area contributed by atoms with Gasteiger partial charge in [-0.1, -0.05) is 61.7 Å². The molecule has 1 aliphatic heterocycles. The second kappa shape index (κ2) is 4.53. The first-order valence-corrected chi connectivity index (χ1v) is 6.54. The number of rotatable bonds is 0. The average Bonchev–Trinajstić information content (AvgIpc) is 2.75. The van der Waals surface area contributed by atoms with Crippen molar-refractivity contribution in [3.05, 3.63) is 78.7 Å². The van der Waals surface area contributed by atoms with Crippen molar-refractivity contribution in [1.82, 2.24) is 10.6 Å². The second-order valence-electron chi connectivity index (χ2n) is 5.03. The van der Waals surface area contributed by atoms with Crippen LogP contribution in [0.4, 0.5) is 0 Å². The summed E-state index contributed by atoms with van der Waals surface area (Å²) in [5, 5.41) is 5.99. The highest BCUT2D eigenvalue weighted by atomic mass is 16.2. The standard InChI is InChI=1S/C17H16N2O/c1-12-8-4-3-7-11-17(16(20)18-13(2)19-17)15-10-6-5-9-14(12)15/h3-10,19H,1-2,11H2,(H,18,20)/b7-3-,8-4-. The number of benzene rings is 1. The highest BCUT2D eigenvalue weighted by molar-refractivity contribution is 5.94. The number of amides is 1. The summed E-state index contributed by atoms with van der Waals surface area (Å²) in [5.74, 6) is 0.463. The van der Waals surface area contributed by atoms with Crippen LogP contribution >= 0.6 is 0 Å². The van der Waals surface area contributed by atoms with Gasteiger partial charge in [-0.05, 0) is 16.7 Å². The SMILES string of the molecule is C=C1NC(=O)C2(C/C=C\C=C/C(=C)c3ccccc32)N1. The molecule has 0 radical (unpaired) electrons. The van der Waals surface area contributed by atoms with E-state index in [2.05, 4.69) is 23.8 Å². The van der Waals surface area contributed by atoms with Crippen molar-refractivity contribution >= 4 is 11.5 Å². The Hall–Kier alpha value is -2.55. The smallest absolute Gasteiger partial charge is 0.256 e. The topological polar surface area (TPSA) is 41.1 Å². The molecule has 3 rings (SSSR count). The van der Waals surface area contributed by atoms with E-state index in [1.54, 1.807) is 0 Å². The summed E-state index contributed by atoms with van der Waals surface area (Å²) in [4.78, 5) is 12.5. The molecule has 1 aromatic rings. The van der Waals surface area contributed by atoms with Crippen molar-refractivity contribution < 1.29 is 4.79 Å². The fourth-order valence-electron chi connectivity index (χ4n) is 2.75. The summed E-state index contributed by atoms with van der Waals surface area (Å²) in [5.41, 5.74) is 1.99. The van der Waals surface area contributed by atoms with Gasteiger partial charge in [0, 0.05) is 6.42 Å². The van der Waals surface area contributed by atoms with Gasteiger partial charge >= 0.3 is 0 Å². The van der Waals surface area contributed by atoms with E-state index >= 15 is 0 Å². The van der Waals surface area contributed by atoms with E-state index in [1.807, 2.05) is 48.6 Å². The van der Waals surface area contributed by atoms with Gasteiger partial charge < -0.3 is 10.6 Å². The summed E-state index contributed by atoms with van der Waals surface area (Å²) in [6, 6.07) is 7.86. The molecule has 1 amide bonds. The molecule has 1 unspecified atom stereocenters. The van der Waals surface area contributed by atoms with Crippen molar-refractivity contribution in [3.63, 3.8) is 0 Å². The van der Waals surface area contributed by atoms with Crippen molar-refractivity contribution in [2.75, 3.05) is 0 Å². The Morgan fingerprint density at radius 3 is 2.70 bits per heavy atom. The third kappa shape index (κ3) is 1.79. The molecule has 1 spiro atoms. The average molecular weight is 264 g/mol. The van der Waals surface area contributed by atoms with E-state index in [9.17, 15) is 4.79 Å². The molecule has 0 aromatic heterocycles. The van der Waals surface area contributed by atoms with Crippen LogP contribution in [0.3, 0.4) is 0 Å². The van der Waals surface area contributed by atoms with Crippen molar-refractivity contribution in [2.45, 2.75) is 12.0 Å². The molecule has 1 atom stereocenters. The Morgan fingerprint density at radius 1 is 1.15 bits per heavy atom. The Kier molecular flexibility index (Phi) is 2.83. The molecule has 1 heterocycles. The van der Waals surface area contributed by atoms with Crippen LogP contribution < -0.4 is 10.6 Å². The quantitative estimate of drug-likeness (QED) is 0.756. The summed E-state index contributed by atoms with van der Waals surface area (Å²) in [6.45, 7) is 7.91. The zero-order chi connectivity index (χ0) is 14.2. The largest absolute Gasteiger partial charge is 0.354 e. The minimum absolute atomic E-state index is 0.0747. The zero-order valence-electron chi connectivity index (χ0n) is 11.1. The number of hydrogen-bond donors (Lipinski definition) is 2. The minimum atomic E-state index is -0.806. The number of nitrogens with one attached hydrogen (secondary N) is 2. The van der Waals surface area contributed by atoms with Gasteiger partial charge in [0.25, 0.3) is 5.91 Å². The molecule has 0 bridgehead atoms. The lowest BCUT2D eigenvalue weighted by Gasteiger charge is -2.28. The Bertz CT molecular complexity index is 669. The lowest BCUT2D eigenvalue weighted by Crippen LogP contribution is -2.43. The zero-order valence-corrected chi connectivity index (χ0v) is 11.1. The Labute approximate surface area is 118 Å².